The van der Waals surface area contributed by atoms with E-state index in [-0.39, 0.29) is 22.4 Å². The number of benzene rings is 1. The van der Waals surface area contributed by atoms with Gasteiger partial charge in [0.1, 0.15) is 5.82 Å². The van der Waals surface area contributed by atoms with Gasteiger partial charge in [0.2, 0.25) is 0 Å². The number of halogens is 2. The van der Waals surface area contributed by atoms with E-state index in [1.165, 1.54) is 6.07 Å². The minimum Gasteiger partial charge on any atom is -0.304 e. The van der Waals surface area contributed by atoms with Gasteiger partial charge in [0.05, 0.1) is 27.8 Å². The van der Waals surface area contributed by atoms with E-state index in [1.807, 2.05) is 6.07 Å². The van der Waals surface area contributed by atoms with E-state index in [1.54, 1.807) is 0 Å². The van der Waals surface area contributed by atoms with Gasteiger partial charge >= 0.3 is 0 Å². The van der Waals surface area contributed by atoms with E-state index >= 15 is 0 Å². The van der Waals surface area contributed by atoms with Crippen molar-refractivity contribution in [2.45, 2.75) is 29.4 Å². The highest BCUT2D eigenvalue weighted by atomic mass is 35.5. The third-order valence-corrected chi connectivity index (χ3v) is 6.47. The molecule has 1 aliphatic carbocycles. The SMILES string of the molecule is N#CCNCC1CCC(S(=O)(=O)c2ccc(F)cc2Cl)C1. The first-order valence-electron chi connectivity index (χ1n) is 6.71. The maximum absolute atomic E-state index is 13.0. The normalized spacial score (nSPS) is 22.1. The maximum Gasteiger partial charge on any atom is 0.182 e. The van der Waals surface area contributed by atoms with Crippen LogP contribution in [0.2, 0.25) is 5.02 Å². The molecule has 1 fully saturated rings. The monoisotopic (exact) mass is 330 g/mol. The molecule has 1 aromatic rings. The summed E-state index contributed by atoms with van der Waals surface area (Å²) >= 11 is 5.86. The second kappa shape index (κ2) is 6.73. The quantitative estimate of drug-likeness (QED) is 0.511. The van der Waals surface area contributed by atoms with Gasteiger partial charge in [0.25, 0.3) is 0 Å². The Bertz CT molecular complexity index is 657. The van der Waals surface area contributed by atoms with Crippen molar-refractivity contribution in [3.8, 4) is 6.07 Å². The fourth-order valence-electron chi connectivity index (χ4n) is 2.71. The molecule has 1 saturated carbocycles. The highest BCUT2D eigenvalue weighted by Gasteiger charge is 2.36. The number of nitriles is 1. The fourth-order valence-corrected chi connectivity index (χ4v) is 5.12. The molecule has 0 aromatic heterocycles. The zero-order chi connectivity index (χ0) is 15.5. The minimum atomic E-state index is -3.54. The van der Waals surface area contributed by atoms with Crippen molar-refractivity contribution in [2.75, 3.05) is 13.1 Å². The molecule has 7 heteroatoms. The number of nitrogens with zero attached hydrogens (tertiary/aromatic N) is 1. The molecule has 114 valence electrons. The van der Waals surface area contributed by atoms with Crippen LogP contribution in [-0.4, -0.2) is 26.8 Å². The second-order valence-electron chi connectivity index (χ2n) is 5.21. The summed E-state index contributed by atoms with van der Waals surface area (Å²) in [6.45, 7) is 0.897. The van der Waals surface area contributed by atoms with Gasteiger partial charge in [-0.15, -0.1) is 0 Å². The Balaban J connectivity index is 2.09. The van der Waals surface area contributed by atoms with E-state index < -0.39 is 20.9 Å². The van der Waals surface area contributed by atoms with Gasteiger partial charge in [-0.2, -0.15) is 5.26 Å². The summed E-state index contributed by atoms with van der Waals surface area (Å²) in [7, 11) is -3.54. The number of hydrogen-bond donors (Lipinski definition) is 1. The molecule has 0 radical (unpaired) electrons. The Hall–Kier alpha value is -1.16. The van der Waals surface area contributed by atoms with Crippen molar-refractivity contribution in [2.24, 2.45) is 5.92 Å². The number of nitrogens with one attached hydrogen (secondary N) is 1. The summed E-state index contributed by atoms with van der Waals surface area (Å²) in [6, 6.07) is 5.35. The van der Waals surface area contributed by atoms with Gasteiger partial charge in [-0.1, -0.05) is 11.6 Å². The summed E-state index contributed by atoms with van der Waals surface area (Å²) in [6.07, 6.45) is 1.89. The Kier molecular flexibility index (Phi) is 5.20. The third kappa shape index (κ3) is 3.73. The van der Waals surface area contributed by atoms with Crippen LogP contribution < -0.4 is 5.32 Å². The Morgan fingerprint density at radius 3 is 2.86 bits per heavy atom. The van der Waals surface area contributed by atoms with Crippen molar-refractivity contribution in [3.05, 3.63) is 29.0 Å². The largest absolute Gasteiger partial charge is 0.304 e. The smallest absolute Gasteiger partial charge is 0.182 e. The first kappa shape index (κ1) is 16.2. The van der Waals surface area contributed by atoms with Crippen molar-refractivity contribution in [1.29, 1.82) is 5.26 Å². The molecule has 2 unspecified atom stereocenters. The molecule has 1 aromatic carbocycles. The molecule has 1 aliphatic rings. The average Bonchev–Trinajstić information content (AvgIpc) is 2.88. The van der Waals surface area contributed by atoms with Gasteiger partial charge in [-0.3, -0.25) is 0 Å². The molecule has 2 atom stereocenters. The van der Waals surface area contributed by atoms with Crippen molar-refractivity contribution in [1.82, 2.24) is 5.32 Å². The van der Waals surface area contributed by atoms with E-state index in [0.717, 1.165) is 18.6 Å². The highest BCUT2D eigenvalue weighted by Crippen LogP contribution is 2.35. The molecule has 0 heterocycles. The fraction of sp³-hybridized carbons (Fsp3) is 0.500. The van der Waals surface area contributed by atoms with E-state index in [9.17, 15) is 12.8 Å². The standard InChI is InChI=1S/C14H16ClFN2O2S/c15-13-8-11(16)2-4-14(13)21(19,20)12-3-1-10(7-12)9-18-6-5-17/h2,4,8,10,12,18H,1,3,6-7,9H2. The Morgan fingerprint density at radius 1 is 1.43 bits per heavy atom. The first-order valence-corrected chi connectivity index (χ1v) is 8.64. The van der Waals surface area contributed by atoms with Gasteiger partial charge in [-0.25, -0.2) is 12.8 Å². The lowest BCUT2D eigenvalue weighted by Gasteiger charge is -2.14. The summed E-state index contributed by atoms with van der Waals surface area (Å²) in [5.74, 6) is -0.318. The van der Waals surface area contributed by atoms with Crippen molar-refractivity contribution < 1.29 is 12.8 Å². The van der Waals surface area contributed by atoms with Crippen LogP contribution in [0.1, 0.15) is 19.3 Å². The van der Waals surface area contributed by atoms with Crippen LogP contribution in [0.25, 0.3) is 0 Å². The minimum absolute atomic E-state index is 0.00111. The van der Waals surface area contributed by atoms with Gasteiger partial charge < -0.3 is 5.32 Å². The third-order valence-electron chi connectivity index (χ3n) is 3.77. The maximum atomic E-state index is 13.0. The highest BCUT2D eigenvalue weighted by molar-refractivity contribution is 7.92. The summed E-state index contributed by atoms with van der Waals surface area (Å²) in [4.78, 5) is 0.00111. The van der Waals surface area contributed by atoms with E-state index in [4.69, 9.17) is 16.9 Å². The summed E-state index contributed by atoms with van der Waals surface area (Å²) in [5.41, 5.74) is 0. The molecule has 1 N–H and O–H groups in total. The lowest BCUT2D eigenvalue weighted by Crippen LogP contribution is -2.24. The molecule has 2 rings (SSSR count). The van der Waals surface area contributed by atoms with Crippen LogP contribution in [-0.2, 0) is 9.84 Å². The zero-order valence-electron chi connectivity index (χ0n) is 11.4. The Labute approximate surface area is 128 Å². The first-order chi connectivity index (χ1) is 9.95. The molecular formula is C14H16ClFN2O2S. The molecule has 0 bridgehead atoms. The molecule has 0 amide bonds. The van der Waals surface area contributed by atoms with E-state index in [0.29, 0.717) is 19.4 Å². The topological polar surface area (TPSA) is 70.0 Å². The molecule has 0 spiro atoms. The van der Waals surface area contributed by atoms with Crippen molar-refractivity contribution in [3.63, 3.8) is 0 Å². The number of hydrogen-bond acceptors (Lipinski definition) is 4. The predicted octanol–water partition coefficient (Wildman–Crippen LogP) is 2.53. The lowest BCUT2D eigenvalue weighted by atomic mass is 10.1. The molecule has 4 nitrogen and oxygen atoms in total. The number of rotatable bonds is 5. The molecular weight excluding hydrogens is 315 g/mol. The van der Waals surface area contributed by atoms with Gasteiger partial charge in [0.15, 0.2) is 9.84 Å². The van der Waals surface area contributed by atoms with Gasteiger partial charge in [0, 0.05) is 0 Å². The predicted molar refractivity (Wildman–Crippen MR) is 78.2 cm³/mol. The van der Waals surface area contributed by atoms with Crippen molar-refractivity contribution >= 4 is 21.4 Å². The Morgan fingerprint density at radius 2 is 2.19 bits per heavy atom. The average molecular weight is 331 g/mol. The summed E-state index contributed by atoms with van der Waals surface area (Å²) < 4.78 is 38.2. The van der Waals surface area contributed by atoms with Crippen LogP contribution >= 0.6 is 11.6 Å². The molecule has 21 heavy (non-hydrogen) atoms. The number of sulfone groups is 1. The van der Waals surface area contributed by atoms with Crippen LogP contribution in [0, 0.1) is 23.1 Å². The van der Waals surface area contributed by atoms with Crippen LogP contribution in [0.4, 0.5) is 4.39 Å². The van der Waals surface area contributed by atoms with E-state index in [2.05, 4.69) is 5.32 Å². The second-order valence-corrected chi connectivity index (χ2v) is 7.81. The molecule has 0 saturated heterocycles. The summed E-state index contributed by atoms with van der Waals surface area (Å²) in [5, 5.41) is 10.9. The molecule has 0 aliphatic heterocycles. The van der Waals surface area contributed by atoms with Crippen LogP contribution in [0.3, 0.4) is 0 Å². The lowest BCUT2D eigenvalue weighted by molar-refractivity contribution is 0.503. The van der Waals surface area contributed by atoms with Gasteiger partial charge in [-0.05, 0) is 49.9 Å². The van der Waals surface area contributed by atoms with Crippen LogP contribution in [0.15, 0.2) is 23.1 Å². The zero-order valence-corrected chi connectivity index (χ0v) is 12.9. The van der Waals surface area contributed by atoms with Crippen LogP contribution in [0.5, 0.6) is 0 Å².